The molecule has 1 N–H and O–H groups in total. The van der Waals surface area contributed by atoms with Crippen molar-refractivity contribution in [3.8, 4) is 0 Å². The van der Waals surface area contributed by atoms with E-state index in [4.69, 9.17) is 11.6 Å². The number of hydrogen-bond acceptors (Lipinski definition) is 1. The van der Waals surface area contributed by atoms with E-state index in [2.05, 4.69) is 12.2 Å². The Morgan fingerprint density at radius 3 is 2.77 bits per heavy atom. The zero-order chi connectivity index (χ0) is 9.52. The number of hydrogen-bond donors (Lipinski definition) is 1. The summed E-state index contributed by atoms with van der Waals surface area (Å²) in [6.07, 6.45) is 7.78. The topological polar surface area (TPSA) is 12.0 Å². The van der Waals surface area contributed by atoms with Crippen LogP contribution in [-0.2, 0) is 0 Å². The number of unbranched alkanes of at least 4 members (excludes halogenated alkanes) is 2. The fourth-order valence-electron chi connectivity index (χ4n) is 2.01. The van der Waals surface area contributed by atoms with Crippen LogP contribution in [0.3, 0.4) is 0 Å². The molecule has 0 amide bonds. The maximum Gasteiger partial charge on any atom is 0.0339 e. The molecule has 1 saturated carbocycles. The molecule has 78 valence electrons. The highest BCUT2D eigenvalue weighted by molar-refractivity contribution is 6.20. The molecule has 0 aromatic carbocycles. The molecule has 1 aliphatic rings. The fraction of sp³-hybridized carbons (Fsp3) is 1.00. The van der Waals surface area contributed by atoms with Crippen LogP contribution in [0.15, 0.2) is 0 Å². The second-order valence-corrected chi connectivity index (χ2v) is 4.80. The lowest BCUT2D eigenvalue weighted by Gasteiger charge is -2.10. The second-order valence-electron chi connectivity index (χ2n) is 4.19. The van der Waals surface area contributed by atoms with Gasteiger partial charge in [0, 0.05) is 5.38 Å². The van der Waals surface area contributed by atoms with Crippen LogP contribution in [-0.4, -0.2) is 18.5 Å². The quantitative estimate of drug-likeness (QED) is 0.517. The first-order chi connectivity index (χ1) is 6.33. The summed E-state index contributed by atoms with van der Waals surface area (Å²) in [5.41, 5.74) is 0. The highest BCUT2D eigenvalue weighted by Gasteiger charge is 2.21. The third kappa shape index (κ3) is 4.87. The number of nitrogens with one attached hydrogen (secondary N) is 1. The van der Waals surface area contributed by atoms with E-state index in [9.17, 15) is 0 Å². The number of alkyl halides is 1. The van der Waals surface area contributed by atoms with E-state index in [0.717, 1.165) is 5.92 Å². The van der Waals surface area contributed by atoms with Crippen molar-refractivity contribution >= 4 is 11.6 Å². The van der Waals surface area contributed by atoms with Crippen molar-refractivity contribution in [1.29, 1.82) is 0 Å². The lowest BCUT2D eigenvalue weighted by Crippen LogP contribution is -2.22. The molecular weight excluding hydrogens is 182 g/mol. The van der Waals surface area contributed by atoms with Gasteiger partial charge in [-0.1, -0.05) is 19.8 Å². The van der Waals surface area contributed by atoms with Gasteiger partial charge in [-0.05, 0) is 44.7 Å². The average molecular weight is 204 g/mol. The largest absolute Gasteiger partial charge is 0.316 e. The fourth-order valence-corrected chi connectivity index (χ4v) is 2.38. The summed E-state index contributed by atoms with van der Waals surface area (Å²) < 4.78 is 0. The van der Waals surface area contributed by atoms with E-state index < -0.39 is 0 Å². The molecule has 13 heavy (non-hydrogen) atoms. The van der Waals surface area contributed by atoms with Crippen LogP contribution in [0, 0.1) is 5.92 Å². The molecule has 1 aliphatic carbocycles. The van der Waals surface area contributed by atoms with Gasteiger partial charge in [-0.25, -0.2) is 0 Å². The molecule has 1 rings (SSSR count). The van der Waals surface area contributed by atoms with Crippen LogP contribution in [0.4, 0.5) is 0 Å². The number of rotatable bonds is 6. The maximum absolute atomic E-state index is 6.04. The first-order valence-corrected chi connectivity index (χ1v) is 6.11. The van der Waals surface area contributed by atoms with Crippen molar-refractivity contribution < 1.29 is 0 Å². The van der Waals surface area contributed by atoms with Gasteiger partial charge >= 0.3 is 0 Å². The molecule has 0 aromatic rings. The number of halogens is 1. The van der Waals surface area contributed by atoms with Crippen molar-refractivity contribution in [1.82, 2.24) is 5.32 Å². The SMILES string of the molecule is CCCCCNCC1CCC(Cl)C1. The smallest absolute Gasteiger partial charge is 0.0339 e. The average Bonchev–Trinajstić information content (AvgIpc) is 2.51. The predicted octanol–water partition coefficient (Wildman–Crippen LogP) is 3.17. The van der Waals surface area contributed by atoms with Gasteiger partial charge in [0.1, 0.15) is 0 Å². The molecule has 0 aromatic heterocycles. The zero-order valence-corrected chi connectivity index (χ0v) is 9.45. The second kappa shape index (κ2) is 6.67. The Kier molecular flexibility index (Phi) is 5.81. The molecule has 1 fully saturated rings. The van der Waals surface area contributed by atoms with Crippen molar-refractivity contribution in [2.24, 2.45) is 5.92 Å². The van der Waals surface area contributed by atoms with Crippen LogP contribution >= 0.6 is 11.6 Å². The Labute approximate surface area is 87.2 Å². The summed E-state index contributed by atoms with van der Waals surface area (Å²) in [5.74, 6) is 0.851. The van der Waals surface area contributed by atoms with Gasteiger partial charge in [0.2, 0.25) is 0 Å². The Morgan fingerprint density at radius 1 is 1.31 bits per heavy atom. The minimum Gasteiger partial charge on any atom is -0.316 e. The normalized spacial score (nSPS) is 28.2. The molecule has 1 nitrogen and oxygen atoms in total. The first-order valence-electron chi connectivity index (χ1n) is 5.67. The first kappa shape index (κ1) is 11.3. The van der Waals surface area contributed by atoms with Crippen LogP contribution in [0.25, 0.3) is 0 Å². The van der Waals surface area contributed by atoms with Gasteiger partial charge in [-0.15, -0.1) is 11.6 Å². The van der Waals surface area contributed by atoms with Crippen LogP contribution in [0.5, 0.6) is 0 Å². The molecule has 2 unspecified atom stereocenters. The third-order valence-electron chi connectivity index (χ3n) is 2.87. The van der Waals surface area contributed by atoms with E-state index in [0.29, 0.717) is 5.38 Å². The highest BCUT2D eigenvalue weighted by atomic mass is 35.5. The maximum atomic E-state index is 6.04. The van der Waals surface area contributed by atoms with Gasteiger partial charge in [0.05, 0.1) is 0 Å². The highest BCUT2D eigenvalue weighted by Crippen LogP contribution is 2.28. The van der Waals surface area contributed by atoms with E-state index in [1.54, 1.807) is 0 Å². The van der Waals surface area contributed by atoms with Crippen LogP contribution < -0.4 is 5.32 Å². The summed E-state index contributed by atoms with van der Waals surface area (Å²) in [5, 5.41) is 3.98. The monoisotopic (exact) mass is 203 g/mol. The van der Waals surface area contributed by atoms with Crippen molar-refractivity contribution in [3.05, 3.63) is 0 Å². The Bertz CT molecular complexity index is 127. The third-order valence-corrected chi connectivity index (χ3v) is 3.26. The van der Waals surface area contributed by atoms with Gasteiger partial charge in [0.15, 0.2) is 0 Å². The van der Waals surface area contributed by atoms with Gasteiger partial charge < -0.3 is 5.32 Å². The van der Waals surface area contributed by atoms with E-state index in [1.165, 1.54) is 51.6 Å². The molecule has 0 aliphatic heterocycles. The van der Waals surface area contributed by atoms with Crippen LogP contribution in [0.2, 0.25) is 0 Å². The standard InChI is InChI=1S/C11H22ClN/c1-2-3-4-7-13-9-10-5-6-11(12)8-10/h10-11,13H,2-9H2,1H3. The lowest BCUT2D eigenvalue weighted by atomic mass is 10.1. The van der Waals surface area contributed by atoms with Crippen molar-refractivity contribution in [2.75, 3.05) is 13.1 Å². The van der Waals surface area contributed by atoms with Crippen LogP contribution in [0.1, 0.15) is 45.4 Å². The molecular formula is C11H22ClN. The van der Waals surface area contributed by atoms with Gasteiger partial charge in [0.25, 0.3) is 0 Å². The van der Waals surface area contributed by atoms with Gasteiger partial charge in [-0.3, -0.25) is 0 Å². The lowest BCUT2D eigenvalue weighted by molar-refractivity contribution is 0.482. The molecule has 2 heteroatoms. The van der Waals surface area contributed by atoms with E-state index >= 15 is 0 Å². The van der Waals surface area contributed by atoms with E-state index in [1.807, 2.05) is 0 Å². The summed E-state index contributed by atoms with van der Waals surface area (Å²) in [6.45, 7) is 4.62. The Hall–Kier alpha value is 0.250. The van der Waals surface area contributed by atoms with Crippen molar-refractivity contribution in [2.45, 2.75) is 50.8 Å². The van der Waals surface area contributed by atoms with E-state index in [-0.39, 0.29) is 0 Å². The molecule has 0 saturated heterocycles. The zero-order valence-electron chi connectivity index (χ0n) is 8.69. The minimum atomic E-state index is 0.461. The summed E-state index contributed by atoms with van der Waals surface area (Å²) in [7, 11) is 0. The molecule has 0 heterocycles. The summed E-state index contributed by atoms with van der Waals surface area (Å²) >= 11 is 6.04. The molecule has 0 bridgehead atoms. The predicted molar refractivity (Wildman–Crippen MR) is 59.4 cm³/mol. The molecule has 0 spiro atoms. The van der Waals surface area contributed by atoms with Crippen molar-refractivity contribution in [3.63, 3.8) is 0 Å². The van der Waals surface area contributed by atoms with Gasteiger partial charge in [-0.2, -0.15) is 0 Å². The molecule has 2 atom stereocenters. The summed E-state index contributed by atoms with van der Waals surface area (Å²) in [6, 6.07) is 0. The Morgan fingerprint density at radius 2 is 2.15 bits per heavy atom. The summed E-state index contributed by atoms with van der Waals surface area (Å²) in [4.78, 5) is 0. The minimum absolute atomic E-state index is 0.461. The molecule has 0 radical (unpaired) electrons. The Balaban J connectivity index is 1.88.